The van der Waals surface area contributed by atoms with Crippen molar-refractivity contribution in [1.82, 2.24) is 10.6 Å². The maximum atomic E-state index is 4.44. The Balaban J connectivity index is 2.47. The molecular weight excluding hydrogens is 212 g/mol. The quantitative estimate of drug-likeness (QED) is 0.583. The fourth-order valence-corrected chi connectivity index (χ4v) is 2.18. The lowest BCUT2D eigenvalue weighted by atomic mass is 9.91. The van der Waals surface area contributed by atoms with Gasteiger partial charge in [-0.25, -0.2) is 4.99 Å². The third-order valence-corrected chi connectivity index (χ3v) is 3.11. The van der Waals surface area contributed by atoms with Crippen LogP contribution in [-0.4, -0.2) is 37.3 Å². The molecule has 1 fully saturated rings. The smallest absolute Gasteiger partial charge is 0.218 e. The first-order chi connectivity index (χ1) is 8.15. The summed E-state index contributed by atoms with van der Waals surface area (Å²) in [4.78, 5) is 8.84. The molecular formula is C13H26N4. The minimum Gasteiger partial charge on any atom is -0.352 e. The second-order valence-corrected chi connectivity index (χ2v) is 4.84. The van der Waals surface area contributed by atoms with Crippen molar-refractivity contribution in [3.05, 3.63) is 0 Å². The zero-order valence-corrected chi connectivity index (χ0v) is 11.6. The molecule has 0 aromatic carbocycles. The van der Waals surface area contributed by atoms with E-state index < -0.39 is 0 Å². The lowest BCUT2D eigenvalue weighted by Crippen LogP contribution is -2.41. The third kappa shape index (κ3) is 5.31. The van der Waals surface area contributed by atoms with Crippen molar-refractivity contribution >= 4 is 11.7 Å². The molecule has 0 atom stereocenters. The third-order valence-electron chi connectivity index (χ3n) is 3.11. The molecule has 0 amide bonds. The van der Waals surface area contributed by atoms with Gasteiger partial charge in [-0.2, -0.15) is 0 Å². The van der Waals surface area contributed by atoms with Crippen LogP contribution in [0.2, 0.25) is 0 Å². The number of rotatable bonds is 3. The Hall–Kier alpha value is -0.900. The minimum absolute atomic E-state index is 0.535. The summed E-state index contributed by atoms with van der Waals surface area (Å²) in [6.07, 6.45) is 4.88. The molecule has 0 aromatic heterocycles. The van der Waals surface area contributed by atoms with Gasteiger partial charge in [0.15, 0.2) is 0 Å². The summed E-state index contributed by atoms with van der Waals surface area (Å²) in [5, 5.41) is 6.82. The molecule has 1 aliphatic rings. The molecule has 0 saturated heterocycles. The number of guanidine groups is 1. The number of hydrogen-bond acceptors (Lipinski definition) is 2. The van der Waals surface area contributed by atoms with Gasteiger partial charge in [0.05, 0.1) is 0 Å². The van der Waals surface area contributed by atoms with Crippen molar-refractivity contribution in [3.63, 3.8) is 0 Å². The number of aliphatic imine (C=N–C) groups is 2. The molecule has 0 aliphatic heterocycles. The fraction of sp³-hybridized carbons (Fsp3) is 0.846. The van der Waals surface area contributed by atoms with Crippen LogP contribution in [0, 0.1) is 0 Å². The lowest BCUT2D eigenvalue weighted by molar-refractivity contribution is 0.341. The van der Waals surface area contributed by atoms with Crippen LogP contribution in [0.25, 0.3) is 0 Å². The van der Waals surface area contributed by atoms with Crippen molar-refractivity contribution in [1.29, 1.82) is 0 Å². The van der Waals surface area contributed by atoms with E-state index in [0.717, 1.165) is 18.2 Å². The molecule has 0 heterocycles. The summed E-state index contributed by atoms with van der Waals surface area (Å²) in [6.45, 7) is 6.83. The summed E-state index contributed by atoms with van der Waals surface area (Å²) >= 11 is 0. The van der Waals surface area contributed by atoms with Gasteiger partial charge >= 0.3 is 0 Å². The van der Waals surface area contributed by atoms with Crippen molar-refractivity contribution in [3.8, 4) is 0 Å². The van der Waals surface area contributed by atoms with E-state index in [9.17, 15) is 0 Å². The molecule has 0 bridgehead atoms. The van der Waals surface area contributed by atoms with Crippen LogP contribution in [0.5, 0.6) is 0 Å². The van der Waals surface area contributed by atoms with Crippen LogP contribution in [0.1, 0.15) is 46.5 Å². The van der Waals surface area contributed by atoms with Gasteiger partial charge in [0.25, 0.3) is 0 Å². The molecule has 0 spiro atoms. The Bertz CT molecular complexity index is 271. The highest BCUT2D eigenvalue weighted by Gasteiger charge is 2.20. The molecule has 98 valence electrons. The monoisotopic (exact) mass is 238 g/mol. The average molecular weight is 238 g/mol. The van der Waals surface area contributed by atoms with E-state index in [4.69, 9.17) is 0 Å². The standard InChI is InChI=1S/C13H26N4/c1-5-15-13(16-10(2)3)17-12-8-6-11(14-4)7-9-12/h11-12,14H,5-9H2,1-4H3,(H,15,17)/t11-,12-. The molecule has 17 heavy (non-hydrogen) atoms. The topological polar surface area (TPSA) is 48.8 Å². The molecule has 2 N–H and O–H groups in total. The van der Waals surface area contributed by atoms with Crippen LogP contribution in [0.3, 0.4) is 0 Å². The van der Waals surface area contributed by atoms with E-state index in [1.807, 2.05) is 27.8 Å². The van der Waals surface area contributed by atoms with E-state index in [2.05, 4.69) is 20.6 Å². The first-order valence-electron chi connectivity index (χ1n) is 6.65. The van der Waals surface area contributed by atoms with Gasteiger partial charge in [-0.05, 0) is 53.5 Å². The molecule has 4 heteroatoms. The minimum atomic E-state index is 0.535. The van der Waals surface area contributed by atoms with Gasteiger partial charge in [-0.1, -0.05) is 0 Å². The maximum absolute atomic E-state index is 4.44. The van der Waals surface area contributed by atoms with E-state index in [1.54, 1.807) is 0 Å². The first kappa shape index (κ1) is 14.2. The molecule has 1 saturated carbocycles. The van der Waals surface area contributed by atoms with Gasteiger partial charge in [-0.15, -0.1) is 0 Å². The maximum Gasteiger partial charge on any atom is 0.218 e. The van der Waals surface area contributed by atoms with E-state index in [0.29, 0.717) is 12.1 Å². The number of nitrogens with zero attached hydrogens (tertiary/aromatic N) is 2. The van der Waals surface area contributed by atoms with Crippen molar-refractivity contribution < 1.29 is 0 Å². The molecule has 4 nitrogen and oxygen atoms in total. The predicted octanol–water partition coefficient (Wildman–Crippen LogP) is 1.96. The Labute approximate surface area is 105 Å². The molecule has 0 radical (unpaired) electrons. The summed E-state index contributed by atoms with van der Waals surface area (Å²) in [5.74, 6) is 0.806. The Morgan fingerprint density at radius 2 is 1.71 bits per heavy atom. The Morgan fingerprint density at radius 1 is 1.12 bits per heavy atom. The molecule has 1 aliphatic carbocycles. The predicted molar refractivity (Wildman–Crippen MR) is 75.0 cm³/mol. The lowest BCUT2D eigenvalue weighted by Gasteiger charge is -2.29. The number of nitrogens with one attached hydrogen (secondary N) is 2. The average Bonchev–Trinajstić information content (AvgIpc) is 2.29. The molecule has 1 rings (SSSR count). The zero-order valence-electron chi connectivity index (χ0n) is 11.6. The largest absolute Gasteiger partial charge is 0.352 e. The van der Waals surface area contributed by atoms with Gasteiger partial charge in [0, 0.05) is 24.3 Å². The highest BCUT2D eigenvalue weighted by molar-refractivity contribution is 5.94. The molecule has 0 aromatic rings. The van der Waals surface area contributed by atoms with E-state index in [-0.39, 0.29) is 0 Å². The first-order valence-corrected chi connectivity index (χ1v) is 6.65. The van der Waals surface area contributed by atoms with Crippen molar-refractivity contribution in [2.75, 3.05) is 13.6 Å². The molecule has 0 unspecified atom stereocenters. The Morgan fingerprint density at radius 3 is 2.18 bits per heavy atom. The van der Waals surface area contributed by atoms with Crippen LogP contribution in [0.15, 0.2) is 9.98 Å². The van der Waals surface area contributed by atoms with E-state index >= 15 is 0 Å². The number of hydrogen-bond donors (Lipinski definition) is 2. The van der Waals surface area contributed by atoms with Crippen LogP contribution in [-0.2, 0) is 0 Å². The summed E-state index contributed by atoms with van der Waals surface area (Å²) < 4.78 is 0. The Kier molecular flexibility index (Phi) is 6.19. The highest BCUT2D eigenvalue weighted by Crippen LogP contribution is 2.18. The summed E-state index contributed by atoms with van der Waals surface area (Å²) in [5.41, 5.74) is 1.05. The summed E-state index contributed by atoms with van der Waals surface area (Å²) in [6, 6.07) is 1.23. The van der Waals surface area contributed by atoms with Crippen molar-refractivity contribution in [2.24, 2.45) is 9.98 Å². The second-order valence-electron chi connectivity index (χ2n) is 4.84. The summed E-state index contributed by atoms with van der Waals surface area (Å²) in [7, 11) is 2.05. The van der Waals surface area contributed by atoms with Crippen LogP contribution < -0.4 is 10.6 Å². The van der Waals surface area contributed by atoms with E-state index in [1.165, 1.54) is 25.7 Å². The van der Waals surface area contributed by atoms with Gasteiger partial charge in [0.1, 0.15) is 0 Å². The van der Waals surface area contributed by atoms with Gasteiger partial charge in [-0.3, -0.25) is 4.99 Å². The highest BCUT2D eigenvalue weighted by atomic mass is 15.1. The van der Waals surface area contributed by atoms with Crippen LogP contribution in [0.4, 0.5) is 0 Å². The SMILES string of the molecule is CC/N=C(\N=C(C)C)N[C@H]1CC[C@H](NC)CC1. The van der Waals surface area contributed by atoms with Gasteiger partial charge in [0.2, 0.25) is 5.96 Å². The van der Waals surface area contributed by atoms with Gasteiger partial charge < -0.3 is 10.6 Å². The normalized spacial score (nSPS) is 25.5. The fourth-order valence-electron chi connectivity index (χ4n) is 2.18. The van der Waals surface area contributed by atoms with Crippen LogP contribution >= 0.6 is 0 Å². The van der Waals surface area contributed by atoms with Crippen molar-refractivity contribution in [2.45, 2.75) is 58.5 Å². The zero-order chi connectivity index (χ0) is 12.7. The second kappa shape index (κ2) is 7.43.